The number of nitrogens with zero attached hydrogens (tertiary/aromatic N) is 3. The minimum Gasteiger partial charge on any atom is -0.477 e. The summed E-state index contributed by atoms with van der Waals surface area (Å²) in [6.45, 7) is 3.20. The lowest BCUT2D eigenvalue weighted by molar-refractivity contribution is 0.0609. The summed E-state index contributed by atoms with van der Waals surface area (Å²) >= 11 is 0. The Bertz CT molecular complexity index is 465. The number of aromatic carboxylic acids is 1. The number of aromatic amines is 1. The maximum atomic E-state index is 12.1. The summed E-state index contributed by atoms with van der Waals surface area (Å²) in [6.07, 6.45) is 0. The van der Waals surface area contributed by atoms with E-state index >= 15 is 0 Å². The molecule has 0 aliphatic carbocycles. The molecular formula is C11H16N4O4. The van der Waals surface area contributed by atoms with Crippen LogP contribution in [0.2, 0.25) is 0 Å². The summed E-state index contributed by atoms with van der Waals surface area (Å²) in [6, 6.07) is 1.24. The van der Waals surface area contributed by atoms with E-state index in [1.165, 1.54) is 6.07 Å². The van der Waals surface area contributed by atoms with Crippen LogP contribution in [0.15, 0.2) is 6.07 Å². The van der Waals surface area contributed by atoms with Crippen molar-refractivity contribution in [3.8, 4) is 0 Å². The molecule has 1 aliphatic rings. The molecule has 0 radical (unpaired) electrons. The molecule has 0 unspecified atom stereocenters. The second kappa shape index (κ2) is 5.81. The molecule has 2 heterocycles. The molecule has 0 aromatic carbocycles. The van der Waals surface area contributed by atoms with Crippen molar-refractivity contribution in [2.24, 2.45) is 0 Å². The van der Waals surface area contributed by atoms with E-state index in [1.807, 2.05) is 0 Å². The van der Waals surface area contributed by atoms with Crippen LogP contribution in [0.25, 0.3) is 0 Å². The fraction of sp³-hybridized carbons (Fsp3) is 0.545. The van der Waals surface area contributed by atoms with Crippen molar-refractivity contribution in [3.05, 3.63) is 17.5 Å². The molecule has 1 amide bonds. The predicted octanol–water partition coefficient (Wildman–Crippen LogP) is -1.14. The number of amides is 1. The van der Waals surface area contributed by atoms with Crippen LogP contribution in [0.3, 0.4) is 0 Å². The number of carbonyl (C=O) groups excluding carboxylic acids is 1. The Morgan fingerprint density at radius 3 is 2.53 bits per heavy atom. The summed E-state index contributed by atoms with van der Waals surface area (Å²) in [5.41, 5.74) is 0.0234. The smallest absolute Gasteiger partial charge is 0.353 e. The van der Waals surface area contributed by atoms with Gasteiger partial charge in [0.25, 0.3) is 5.91 Å². The van der Waals surface area contributed by atoms with Crippen LogP contribution in [-0.4, -0.2) is 81.4 Å². The van der Waals surface area contributed by atoms with Crippen LogP contribution < -0.4 is 0 Å². The summed E-state index contributed by atoms with van der Waals surface area (Å²) in [5.74, 6) is -1.41. The van der Waals surface area contributed by atoms with Gasteiger partial charge in [0, 0.05) is 38.8 Å². The van der Waals surface area contributed by atoms with Gasteiger partial charge in [0.2, 0.25) is 0 Å². The molecular weight excluding hydrogens is 252 g/mol. The van der Waals surface area contributed by atoms with Crippen molar-refractivity contribution in [3.63, 3.8) is 0 Å². The first-order valence-corrected chi connectivity index (χ1v) is 6.03. The number of aliphatic hydroxyl groups excluding tert-OH is 1. The van der Waals surface area contributed by atoms with E-state index in [-0.39, 0.29) is 23.9 Å². The number of rotatable bonds is 4. The first-order chi connectivity index (χ1) is 9.11. The molecule has 2 rings (SSSR count). The number of carbonyl (C=O) groups is 2. The van der Waals surface area contributed by atoms with Crippen LogP contribution in [0.5, 0.6) is 0 Å². The SMILES string of the molecule is O=C(O)c1cc(C(=O)N2CCN(CCO)CC2)n[nH]1. The second-order valence-corrected chi connectivity index (χ2v) is 4.33. The van der Waals surface area contributed by atoms with Crippen LogP contribution in [0.1, 0.15) is 21.0 Å². The topological polar surface area (TPSA) is 110 Å². The van der Waals surface area contributed by atoms with Gasteiger partial charge in [-0.15, -0.1) is 0 Å². The third-order valence-corrected chi connectivity index (χ3v) is 3.10. The normalized spacial score (nSPS) is 16.6. The van der Waals surface area contributed by atoms with E-state index in [2.05, 4.69) is 15.1 Å². The minimum absolute atomic E-state index is 0.0951. The van der Waals surface area contributed by atoms with Crippen molar-refractivity contribution in [1.82, 2.24) is 20.0 Å². The Morgan fingerprint density at radius 2 is 2.00 bits per heavy atom. The Morgan fingerprint density at radius 1 is 1.32 bits per heavy atom. The first kappa shape index (κ1) is 13.5. The van der Waals surface area contributed by atoms with Gasteiger partial charge in [-0.3, -0.25) is 14.8 Å². The number of carboxylic acid groups (broad SMARTS) is 1. The van der Waals surface area contributed by atoms with E-state index in [0.717, 1.165) is 0 Å². The number of H-pyrrole nitrogens is 1. The van der Waals surface area contributed by atoms with E-state index in [9.17, 15) is 9.59 Å². The van der Waals surface area contributed by atoms with Gasteiger partial charge < -0.3 is 15.1 Å². The number of β-amino-alcohol motifs (C(OH)–C–C–N with tert-alkyl or cyclic N) is 1. The molecule has 3 N–H and O–H groups in total. The first-order valence-electron chi connectivity index (χ1n) is 6.03. The predicted molar refractivity (Wildman–Crippen MR) is 65.0 cm³/mol. The number of aromatic nitrogens is 2. The lowest BCUT2D eigenvalue weighted by Gasteiger charge is -2.33. The highest BCUT2D eigenvalue weighted by Crippen LogP contribution is 2.08. The molecule has 0 bridgehead atoms. The Balaban J connectivity index is 1.95. The Hall–Kier alpha value is -1.93. The second-order valence-electron chi connectivity index (χ2n) is 4.33. The van der Waals surface area contributed by atoms with Gasteiger partial charge in [0.1, 0.15) is 5.69 Å². The standard InChI is InChI=1S/C11H16N4O4/c16-6-5-14-1-3-15(4-2-14)10(17)8-7-9(11(18)19)13-12-8/h7,16H,1-6H2,(H,12,13)(H,18,19). The number of piperazine rings is 1. The molecule has 8 nitrogen and oxygen atoms in total. The average molecular weight is 268 g/mol. The lowest BCUT2D eigenvalue weighted by atomic mass is 10.2. The van der Waals surface area contributed by atoms with Gasteiger partial charge in [0.15, 0.2) is 5.69 Å². The maximum absolute atomic E-state index is 12.1. The van der Waals surface area contributed by atoms with E-state index < -0.39 is 5.97 Å². The number of carboxylic acids is 1. The third-order valence-electron chi connectivity index (χ3n) is 3.10. The van der Waals surface area contributed by atoms with Crippen LogP contribution in [0.4, 0.5) is 0 Å². The van der Waals surface area contributed by atoms with Gasteiger partial charge >= 0.3 is 5.97 Å². The van der Waals surface area contributed by atoms with Gasteiger partial charge in [-0.25, -0.2) is 4.79 Å². The molecule has 8 heteroatoms. The van der Waals surface area contributed by atoms with Crippen LogP contribution in [0, 0.1) is 0 Å². The summed E-state index contributed by atoms with van der Waals surface area (Å²) in [7, 11) is 0. The Kier molecular flexibility index (Phi) is 4.13. The lowest BCUT2D eigenvalue weighted by Crippen LogP contribution is -2.49. The molecule has 1 fully saturated rings. The quantitative estimate of drug-likeness (QED) is 0.636. The Labute approximate surface area is 109 Å². The number of aliphatic hydroxyl groups is 1. The molecule has 1 aliphatic heterocycles. The van der Waals surface area contributed by atoms with Crippen LogP contribution in [-0.2, 0) is 0 Å². The molecule has 0 atom stereocenters. The van der Waals surface area contributed by atoms with Gasteiger partial charge in [-0.1, -0.05) is 0 Å². The fourth-order valence-corrected chi connectivity index (χ4v) is 2.02. The van der Waals surface area contributed by atoms with Gasteiger partial charge in [0.05, 0.1) is 6.61 Å². The largest absolute Gasteiger partial charge is 0.477 e. The summed E-state index contributed by atoms with van der Waals surface area (Å²) in [4.78, 5) is 26.5. The maximum Gasteiger partial charge on any atom is 0.353 e. The molecule has 1 saturated heterocycles. The minimum atomic E-state index is -1.14. The molecule has 0 spiro atoms. The zero-order valence-corrected chi connectivity index (χ0v) is 10.4. The highest BCUT2D eigenvalue weighted by Gasteiger charge is 2.24. The zero-order valence-electron chi connectivity index (χ0n) is 10.4. The molecule has 0 saturated carbocycles. The van der Waals surface area contributed by atoms with E-state index in [4.69, 9.17) is 10.2 Å². The van der Waals surface area contributed by atoms with Gasteiger partial charge in [-0.2, -0.15) is 5.10 Å². The van der Waals surface area contributed by atoms with E-state index in [0.29, 0.717) is 32.7 Å². The van der Waals surface area contributed by atoms with Crippen molar-refractivity contribution in [1.29, 1.82) is 0 Å². The molecule has 19 heavy (non-hydrogen) atoms. The third kappa shape index (κ3) is 3.09. The molecule has 104 valence electrons. The summed E-state index contributed by atoms with van der Waals surface area (Å²) < 4.78 is 0. The van der Waals surface area contributed by atoms with Crippen molar-refractivity contribution in [2.45, 2.75) is 0 Å². The van der Waals surface area contributed by atoms with Crippen LogP contribution >= 0.6 is 0 Å². The molecule has 1 aromatic rings. The average Bonchev–Trinajstić information content (AvgIpc) is 2.89. The highest BCUT2D eigenvalue weighted by molar-refractivity contribution is 5.95. The number of hydrogen-bond donors (Lipinski definition) is 3. The van der Waals surface area contributed by atoms with Crippen molar-refractivity contribution >= 4 is 11.9 Å². The van der Waals surface area contributed by atoms with Crippen molar-refractivity contribution in [2.75, 3.05) is 39.3 Å². The van der Waals surface area contributed by atoms with Crippen molar-refractivity contribution < 1.29 is 19.8 Å². The zero-order chi connectivity index (χ0) is 13.8. The number of hydrogen-bond acceptors (Lipinski definition) is 5. The molecule has 1 aromatic heterocycles. The number of nitrogens with one attached hydrogen (secondary N) is 1. The highest BCUT2D eigenvalue weighted by atomic mass is 16.4. The monoisotopic (exact) mass is 268 g/mol. The fourth-order valence-electron chi connectivity index (χ4n) is 2.02. The summed E-state index contributed by atoms with van der Waals surface area (Å²) in [5, 5.41) is 23.6. The van der Waals surface area contributed by atoms with E-state index in [1.54, 1.807) is 4.90 Å². The van der Waals surface area contributed by atoms with Gasteiger partial charge in [-0.05, 0) is 0 Å².